The largest absolute Gasteiger partial charge is 0.493 e. The number of halogens is 1. The fourth-order valence-electron chi connectivity index (χ4n) is 4.58. The number of hydrogen-bond donors (Lipinski definition) is 3. The molecule has 0 aliphatic carbocycles. The van der Waals surface area contributed by atoms with E-state index in [1.807, 2.05) is 23.1 Å². The van der Waals surface area contributed by atoms with Crippen LogP contribution in [0.5, 0.6) is 5.75 Å². The van der Waals surface area contributed by atoms with Gasteiger partial charge in [-0.1, -0.05) is 24.3 Å². The summed E-state index contributed by atoms with van der Waals surface area (Å²) in [5.74, 6) is 1.13. The predicted molar refractivity (Wildman–Crippen MR) is 125 cm³/mol. The molecule has 0 radical (unpaired) electrons. The number of nitrogens with zero attached hydrogens (tertiary/aromatic N) is 1. The first-order valence-corrected chi connectivity index (χ1v) is 11.6. The van der Waals surface area contributed by atoms with E-state index in [0.717, 1.165) is 38.0 Å². The lowest BCUT2D eigenvalue weighted by molar-refractivity contribution is 0.164. The summed E-state index contributed by atoms with van der Waals surface area (Å²) in [6.45, 7) is 3.12. The zero-order chi connectivity index (χ0) is 23.0. The number of benzene rings is 2. The van der Waals surface area contributed by atoms with Gasteiger partial charge in [-0.3, -0.25) is 0 Å². The van der Waals surface area contributed by atoms with Crippen molar-refractivity contribution in [3.05, 3.63) is 59.9 Å². The maximum absolute atomic E-state index is 13.3. The molecule has 176 valence electrons. The molecule has 33 heavy (non-hydrogen) atoms. The summed E-state index contributed by atoms with van der Waals surface area (Å²) >= 11 is 0. The summed E-state index contributed by atoms with van der Waals surface area (Å²) < 4.78 is 19.0. The van der Waals surface area contributed by atoms with Crippen LogP contribution >= 0.6 is 0 Å². The SMILES string of the molecule is O=C(NCC1CCCN(C(=O)NCCC2CCOc3ccccc32)C1)Nc1cccc(F)c1. The van der Waals surface area contributed by atoms with E-state index in [0.29, 0.717) is 37.8 Å². The predicted octanol–water partition coefficient (Wildman–Crippen LogP) is 4.33. The third kappa shape index (κ3) is 6.37. The highest BCUT2D eigenvalue weighted by Crippen LogP contribution is 2.35. The van der Waals surface area contributed by atoms with Crippen LogP contribution in [0.25, 0.3) is 0 Å². The van der Waals surface area contributed by atoms with Gasteiger partial charge in [0, 0.05) is 31.9 Å². The Morgan fingerprint density at radius 1 is 1.09 bits per heavy atom. The Bertz CT molecular complexity index is 970. The van der Waals surface area contributed by atoms with Gasteiger partial charge in [-0.25, -0.2) is 14.0 Å². The minimum Gasteiger partial charge on any atom is -0.493 e. The van der Waals surface area contributed by atoms with Gasteiger partial charge >= 0.3 is 12.1 Å². The number of fused-ring (bicyclic) bond motifs is 1. The molecular weight excluding hydrogens is 423 g/mol. The molecule has 2 aliphatic rings. The summed E-state index contributed by atoms with van der Waals surface area (Å²) in [5, 5.41) is 8.53. The number of ether oxygens (including phenoxy) is 1. The van der Waals surface area contributed by atoms with E-state index in [9.17, 15) is 14.0 Å². The summed E-state index contributed by atoms with van der Waals surface area (Å²) in [4.78, 5) is 26.6. The van der Waals surface area contributed by atoms with Crippen LogP contribution in [0.3, 0.4) is 0 Å². The third-order valence-corrected chi connectivity index (χ3v) is 6.29. The number of hydrogen-bond acceptors (Lipinski definition) is 3. The monoisotopic (exact) mass is 454 g/mol. The Kier molecular flexibility index (Phi) is 7.65. The van der Waals surface area contributed by atoms with Gasteiger partial charge in [0.05, 0.1) is 6.61 Å². The number of carbonyl (C=O) groups is 2. The second-order valence-corrected chi connectivity index (χ2v) is 8.69. The summed E-state index contributed by atoms with van der Waals surface area (Å²) in [5.41, 5.74) is 1.63. The molecule has 2 aromatic carbocycles. The van der Waals surface area contributed by atoms with Crippen LogP contribution in [0.2, 0.25) is 0 Å². The quantitative estimate of drug-likeness (QED) is 0.608. The van der Waals surface area contributed by atoms with Crippen LogP contribution in [0.1, 0.15) is 37.2 Å². The molecule has 2 unspecified atom stereocenters. The van der Waals surface area contributed by atoms with Crippen molar-refractivity contribution >= 4 is 17.7 Å². The minimum absolute atomic E-state index is 0.0516. The number of nitrogens with one attached hydrogen (secondary N) is 3. The van der Waals surface area contributed by atoms with Crippen molar-refractivity contribution < 1.29 is 18.7 Å². The smallest absolute Gasteiger partial charge is 0.319 e. The van der Waals surface area contributed by atoms with Gasteiger partial charge < -0.3 is 25.6 Å². The van der Waals surface area contributed by atoms with Crippen LogP contribution in [0.15, 0.2) is 48.5 Å². The van der Waals surface area contributed by atoms with E-state index >= 15 is 0 Å². The first kappa shape index (κ1) is 22.9. The standard InChI is InChI=1S/C25H31FN4O3/c26-20-6-3-7-21(15-20)29-24(31)28-16-18-5-4-13-30(17-18)25(32)27-12-10-19-11-14-33-23-9-2-1-8-22(19)23/h1-3,6-9,15,18-19H,4-5,10-14,16-17H2,(H,27,32)(H2,28,29,31). The molecule has 2 atom stereocenters. The molecule has 0 saturated carbocycles. The van der Waals surface area contributed by atoms with E-state index in [1.165, 1.54) is 17.7 Å². The maximum Gasteiger partial charge on any atom is 0.319 e. The van der Waals surface area contributed by atoms with Crippen molar-refractivity contribution in [2.24, 2.45) is 5.92 Å². The highest BCUT2D eigenvalue weighted by Gasteiger charge is 2.25. The number of likely N-dealkylation sites (tertiary alicyclic amines) is 1. The first-order valence-electron chi connectivity index (χ1n) is 11.6. The maximum atomic E-state index is 13.3. The van der Waals surface area contributed by atoms with Gasteiger partial charge in [0.15, 0.2) is 0 Å². The van der Waals surface area contributed by atoms with Gasteiger partial charge in [0.1, 0.15) is 11.6 Å². The summed E-state index contributed by atoms with van der Waals surface area (Å²) in [7, 11) is 0. The first-order chi connectivity index (χ1) is 16.1. The van der Waals surface area contributed by atoms with Crippen molar-refractivity contribution in [1.82, 2.24) is 15.5 Å². The number of amides is 4. The summed E-state index contributed by atoms with van der Waals surface area (Å²) in [6, 6.07) is 13.5. The van der Waals surface area contributed by atoms with Crippen LogP contribution in [-0.4, -0.2) is 49.7 Å². The normalized spacial score (nSPS) is 19.7. The second-order valence-electron chi connectivity index (χ2n) is 8.69. The number of urea groups is 2. The van der Waals surface area contributed by atoms with Crippen molar-refractivity contribution in [3.8, 4) is 5.75 Å². The molecule has 0 spiro atoms. The lowest BCUT2D eigenvalue weighted by Crippen LogP contribution is -2.48. The Balaban J connectivity index is 1.18. The number of anilines is 1. The molecule has 4 amide bonds. The van der Waals surface area contributed by atoms with E-state index in [1.54, 1.807) is 12.1 Å². The molecule has 1 saturated heterocycles. The van der Waals surface area contributed by atoms with Crippen molar-refractivity contribution in [3.63, 3.8) is 0 Å². The third-order valence-electron chi connectivity index (χ3n) is 6.29. The molecule has 3 N–H and O–H groups in total. The molecular formula is C25H31FN4O3. The Labute approximate surface area is 193 Å². The van der Waals surface area contributed by atoms with Gasteiger partial charge in [0.25, 0.3) is 0 Å². The van der Waals surface area contributed by atoms with E-state index in [4.69, 9.17) is 4.74 Å². The minimum atomic E-state index is -0.400. The zero-order valence-corrected chi connectivity index (χ0v) is 18.7. The molecule has 1 fully saturated rings. The molecule has 0 aromatic heterocycles. The molecule has 7 nitrogen and oxygen atoms in total. The fourth-order valence-corrected chi connectivity index (χ4v) is 4.58. The lowest BCUT2D eigenvalue weighted by atomic mass is 9.90. The van der Waals surface area contributed by atoms with E-state index < -0.39 is 5.82 Å². The highest BCUT2D eigenvalue weighted by molar-refractivity contribution is 5.89. The van der Waals surface area contributed by atoms with Gasteiger partial charge in [-0.15, -0.1) is 0 Å². The van der Waals surface area contributed by atoms with Crippen molar-refractivity contribution in [1.29, 1.82) is 0 Å². The molecule has 2 heterocycles. The average molecular weight is 455 g/mol. The van der Waals surface area contributed by atoms with E-state index in [2.05, 4.69) is 22.0 Å². The van der Waals surface area contributed by atoms with Crippen LogP contribution in [0, 0.1) is 11.7 Å². The van der Waals surface area contributed by atoms with Gasteiger partial charge in [-0.2, -0.15) is 0 Å². The second kappa shape index (κ2) is 11.0. The fraction of sp³-hybridized carbons (Fsp3) is 0.440. The molecule has 4 rings (SSSR count). The number of piperidine rings is 1. The van der Waals surface area contributed by atoms with Crippen LogP contribution in [0.4, 0.5) is 19.7 Å². The number of para-hydroxylation sites is 1. The highest BCUT2D eigenvalue weighted by atomic mass is 19.1. The van der Waals surface area contributed by atoms with E-state index in [-0.39, 0.29) is 18.0 Å². The molecule has 2 aromatic rings. The zero-order valence-electron chi connectivity index (χ0n) is 18.7. The number of carbonyl (C=O) groups excluding carboxylic acids is 2. The summed E-state index contributed by atoms with van der Waals surface area (Å²) in [6.07, 6.45) is 3.69. The van der Waals surface area contributed by atoms with Crippen molar-refractivity contribution in [2.45, 2.75) is 31.6 Å². The van der Waals surface area contributed by atoms with Crippen molar-refractivity contribution in [2.75, 3.05) is 38.1 Å². The molecule has 0 bridgehead atoms. The van der Waals surface area contributed by atoms with Gasteiger partial charge in [-0.05, 0) is 67.3 Å². The topological polar surface area (TPSA) is 82.7 Å². The Morgan fingerprint density at radius 2 is 1.97 bits per heavy atom. The number of rotatable bonds is 6. The molecule has 2 aliphatic heterocycles. The lowest BCUT2D eigenvalue weighted by Gasteiger charge is -2.33. The van der Waals surface area contributed by atoms with Crippen LogP contribution < -0.4 is 20.7 Å². The van der Waals surface area contributed by atoms with Gasteiger partial charge in [0.2, 0.25) is 0 Å². The Hall–Kier alpha value is -3.29. The average Bonchev–Trinajstić information content (AvgIpc) is 2.83. The molecule has 8 heteroatoms. The van der Waals surface area contributed by atoms with Crippen LogP contribution in [-0.2, 0) is 0 Å². The Morgan fingerprint density at radius 3 is 2.85 bits per heavy atom.